The van der Waals surface area contributed by atoms with Crippen molar-refractivity contribution >= 4 is 11.4 Å². The summed E-state index contributed by atoms with van der Waals surface area (Å²) in [6.45, 7) is 4.38. The van der Waals surface area contributed by atoms with Gasteiger partial charge >= 0.3 is 0 Å². The Hall–Kier alpha value is -2.13. The molecule has 102 valence electrons. The van der Waals surface area contributed by atoms with Gasteiger partial charge in [0.2, 0.25) is 0 Å². The van der Waals surface area contributed by atoms with Crippen molar-refractivity contribution in [2.24, 2.45) is 5.92 Å². The summed E-state index contributed by atoms with van der Waals surface area (Å²) in [5, 5.41) is 32.2. The van der Waals surface area contributed by atoms with Crippen LogP contribution in [0.15, 0.2) is 18.2 Å². The minimum absolute atomic E-state index is 0.00773. The molecular formula is C13H17N3O3. The number of anilines is 1. The lowest BCUT2D eigenvalue weighted by Crippen LogP contribution is -2.21. The highest BCUT2D eigenvalue weighted by molar-refractivity contribution is 5.58. The van der Waals surface area contributed by atoms with Crippen LogP contribution in [0, 0.1) is 27.4 Å². The van der Waals surface area contributed by atoms with Crippen LogP contribution in [0.3, 0.4) is 0 Å². The molecule has 2 N–H and O–H groups in total. The summed E-state index contributed by atoms with van der Waals surface area (Å²) in [5.74, 6) is 0.392. The molecule has 6 nitrogen and oxygen atoms in total. The molecule has 0 aliphatic rings. The second kappa shape index (κ2) is 6.71. The van der Waals surface area contributed by atoms with Crippen molar-refractivity contribution in [2.75, 3.05) is 11.9 Å². The van der Waals surface area contributed by atoms with Gasteiger partial charge in [-0.3, -0.25) is 10.1 Å². The van der Waals surface area contributed by atoms with E-state index in [9.17, 15) is 15.2 Å². The Labute approximate surface area is 111 Å². The Balaban J connectivity index is 2.71. The lowest BCUT2D eigenvalue weighted by molar-refractivity contribution is -0.385. The number of nitro benzene ring substituents is 1. The third-order valence-electron chi connectivity index (χ3n) is 2.60. The van der Waals surface area contributed by atoms with Gasteiger partial charge in [-0.2, -0.15) is 5.26 Å². The zero-order valence-corrected chi connectivity index (χ0v) is 11.0. The van der Waals surface area contributed by atoms with Crippen molar-refractivity contribution < 1.29 is 10.0 Å². The number of rotatable bonds is 6. The first-order chi connectivity index (χ1) is 8.93. The average molecular weight is 263 g/mol. The third kappa shape index (κ3) is 4.56. The first-order valence-corrected chi connectivity index (χ1v) is 6.04. The van der Waals surface area contributed by atoms with E-state index in [0.717, 1.165) is 0 Å². The Morgan fingerprint density at radius 1 is 1.53 bits per heavy atom. The predicted molar refractivity (Wildman–Crippen MR) is 71.8 cm³/mol. The summed E-state index contributed by atoms with van der Waals surface area (Å²) in [5.41, 5.74) is 0.383. The molecule has 0 bridgehead atoms. The molecule has 1 rings (SSSR count). The van der Waals surface area contributed by atoms with E-state index in [0.29, 0.717) is 24.6 Å². The Bertz CT molecular complexity index is 494. The van der Waals surface area contributed by atoms with Crippen LogP contribution in [0.5, 0.6) is 0 Å². The van der Waals surface area contributed by atoms with E-state index in [1.54, 1.807) is 6.07 Å². The summed E-state index contributed by atoms with van der Waals surface area (Å²) >= 11 is 0. The summed E-state index contributed by atoms with van der Waals surface area (Å²) in [7, 11) is 0. The minimum Gasteiger partial charge on any atom is -0.391 e. The van der Waals surface area contributed by atoms with Crippen molar-refractivity contribution in [1.82, 2.24) is 0 Å². The van der Waals surface area contributed by atoms with Crippen molar-refractivity contribution in [1.29, 1.82) is 5.26 Å². The van der Waals surface area contributed by atoms with Gasteiger partial charge in [0.15, 0.2) is 0 Å². The molecule has 0 saturated heterocycles. The Kier molecular flexibility index (Phi) is 5.27. The molecule has 6 heteroatoms. The second-order valence-corrected chi connectivity index (χ2v) is 4.77. The minimum atomic E-state index is -0.587. The standard InChI is InChI=1S/C13H17N3O3/c1-9(2)5-12(17)8-15-11-3-4-13(16(18)19)10(6-11)7-14/h3-4,6,9,12,15,17H,5,8H2,1-2H3. The van der Waals surface area contributed by atoms with Gasteiger partial charge in [-0.25, -0.2) is 0 Å². The van der Waals surface area contributed by atoms with Gasteiger partial charge in [0.25, 0.3) is 5.69 Å². The number of nitriles is 1. The van der Waals surface area contributed by atoms with Crippen molar-refractivity contribution in [3.63, 3.8) is 0 Å². The summed E-state index contributed by atoms with van der Waals surface area (Å²) in [4.78, 5) is 10.1. The fraction of sp³-hybridized carbons (Fsp3) is 0.462. The maximum absolute atomic E-state index is 10.7. The molecule has 1 unspecified atom stereocenters. The maximum atomic E-state index is 10.7. The molecule has 0 fully saturated rings. The summed E-state index contributed by atoms with van der Waals surface area (Å²) in [6, 6.07) is 6.03. The number of hydrogen-bond donors (Lipinski definition) is 2. The molecule has 1 aromatic rings. The van der Waals surface area contributed by atoms with E-state index in [2.05, 4.69) is 5.32 Å². The zero-order valence-electron chi connectivity index (χ0n) is 11.0. The van der Waals surface area contributed by atoms with Crippen LogP contribution in [-0.2, 0) is 0 Å². The molecule has 0 spiro atoms. The SMILES string of the molecule is CC(C)CC(O)CNc1ccc([N+](=O)[O-])c(C#N)c1. The number of aliphatic hydroxyl groups is 1. The van der Waals surface area contributed by atoms with Gasteiger partial charge in [-0.15, -0.1) is 0 Å². The molecule has 1 atom stereocenters. The smallest absolute Gasteiger partial charge is 0.287 e. The van der Waals surface area contributed by atoms with Crippen molar-refractivity contribution in [3.8, 4) is 6.07 Å². The molecule has 0 aromatic heterocycles. The maximum Gasteiger partial charge on any atom is 0.287 e. The van der Waals surface area contributed by atoms with Crippen LogP contribution in [0.25, 0.3) is 0 Å². The first kappa shape index (κ1) is 14.9. The monoisotopic (exact) mass is 263 g/mol. The Morgan fingerprint density at radius 3 is 2.74 bits per heavy atom. The molecule has 0 amide bonds. The quantitative estimate of drug-likeness (QED) is 0.606. The number of nitrogens with zero attached hydrogens (tertiary/aromatic N) is 2. The van der Waals surface area contributed by atoms with E-state index in [1.807, 2.05) is 13.8 Å². The zero-order chi connectivity index (χ0) is 14.4. The highest BCUT2D eigenvalue weighted by atomic mass is 16.6. The second-order valence-electron chi connectivity index (χ2n) is 4.77. The van der Waals surface area contributed by atoms with Crippen LogP contribution in [0.4, 0.5) is 11.4 Å². The van der Waals surface area contributed by atoms with Gasteiger partial charge < -0.3 is 10.4 Å². The van der Waals surface area contributed by atoms with Crippen LogP contribution in [0.2, 0.25) is 0 Å². The van der Waals surface area contributed by atoms with Crippen LogP contribution in [0.1, 0.15) is 25.8 Å². The topological polar surface area (TPSA) is 99.2 Å². The average Bonchev–Trinajstić information content (AvgIpc) is 2.34. The lowest BCUT2D eigenvalue weighted by atomic mass is 10.1. The first-order valence-electron chi connectivity index (χ1n) is 6.04. The molecule has 19 heavy (non-hydrogen) atoms. The third-order valence-corrected chi connectivity index (χ3v) is 2.60. The summed E-state index contributed by atoms with van der Waals surface area (Å²) in [6.07, 6.45) is 0.186. The molecule has 0 saturated carbocycles. The fourth-order valence-electron chi connectivity index (χ4n) is 1.76. The van der Waals surface area contributed by atoms with E-state index in [4.69, 9.17) is 5.26 Å². The number of nitrogens with one attached hydrogen (secondary N) is 1. The van der Waals surface area contributed by atoms with Gasteiger partial charge in [0.1, 0.15) is 11.6 Å². The lowest BCUT2D eigenvalue weighted by Gasteiger charge is -2.14. The van der Waals surface area contributed by atoms with E-state index in [1.165, 1.54) is 18.2 Å². The van der Waals surface area contributed by atoms with Gasteiger partial charge in [0.05, 0.1) is 11.0 Å². The normalized spacial score (nSPS) is 11.9. The molecule has 0 aliphatic carbocycles. The summed E-state index contributed by atoms with van der Waals surface area (Å²) < 4.78 is 0. The largest absolute Gasteiger partial charge is 0.391 e. The number of hydrogen-bond acceptors (Lipinski definition) is 5. The van der Waals surface area contributed by atoms with Gasteiger partial charge in [0, 0.05) is 18.3 Å². The molecule has 0 heterocycles. The van der Waals surface area contributed by atoms with Crippen LogP contribution < -0.4 is 5.32 Å². The van der Waals surface area contributed by atoms with E-state index < -0.39 is 11.0 Å². The highest BCUT2D eigenvalue weighted by Gasteiger charge is 2.14. The van der Waals surface area contributed by atoms with Gasteiger partial charge in [-0.05, 0) is 24.5 Å². The molecule has 0 aliphatic heterocycles. The molecule has 0 radical (unpaired) electrons. The fourth-order valence-corrected chi connectivity index (χ4v) is 1.76. The number of benzene rings is 1. The van der Waals surface area contributed by atoms with Crippen LogP contribution in [-0.4, -0.2) is 22.7 Å². The number of aliphatic hydroxyl groups excluding tert-OH is 1. The van der Waals surface area contributed by atoms with E-state index >= 15 is 0 Å². The van der Waals surface area contributed by atoms with Crippen molar-refractivity contribution in [3.05, 3.63) is 33.9 Å². The number of nitro groups is 1. The predicted octanol–water partition coefficient (Wildman–Crippen LogP) is 2.29. The molecule has 1 aromatic carbocycles. The van der Waals surface area contributed by atoms with Gasteiger partial charge in [-0.1, -0.05) is 13.8 Å². The highest BCUT2D eigenvalue weighted by Crippen LogP contribution is 2.21. The van der Waals surface area contributed by atoms with E-state index in [-0.39, 0.29) is 11.3 Å². The van der Waals surface area contributed by atoms with Crippen molar-refractivity contribution in [2.45, 2.75) is 26.4 Å². The molecular weight excluding hydrogens is 246 g/mol. The van der Waals surface area contributed by atoms with Crippen LogP contribution >= 0.6 is 0 Å². The Morgan fingerprint density at radius 2 is 2.21 bits per heavy atom.